The minimum atomic E-state index is -0.553. The smallest absolute Gasteiger partial charge is 0.0843 e. The Morgan fingerprint density at radius 1 is 1.29 bits per heavy atom. The van der Waals surface area contributed by atoms with Crippen LogP contribution in [-0.2, 0) is 0 Å². The van der Waals surface area contributed by atoms with Crippen LogP contribution in [0.15, 0.2) is 18.2 Å². The van der Waals surface area contributed by atoms with Crippen LogP contribution in [0.3, 0.4) is 0 Å². The summed E-state index contributed by atoms with van der Waals surface area (Å²) in [5.74, 6) is 0. The molecule has 3 nitrogen and oxygen atoms in total. The summed E-state index contributed by atoms with van der Waals surface area (Å²) in [5.41, 5.74) is 3.08. The van der Waals surface area contributed by atoms with Gasteiger partial charge < -0.3 is 15.7 Å². The summed E-state index contributed by atoms with van der Waals surface area (Å²) in [5, 5.41) is 17.0. The Labute approximate surface area is 103 Å². The summed E-state index contributed by atoms with van der Waals surface area (Å²) >= 11 is 0. The van der Waals surface area contributed by atoms with Gasteiger partial charge in [0, 0.05) is 12.2 Å². The van der Waals surface area contributed by atoms with Crippen molar-refractivity contribution in [3.05, 3.63) is 29.3 Å². The first-order chi connectivity index (χ1) is 8.09. The molecule has 2 rings (SSSR count). The van der Waals surface area contributed by atoms with E-state index in [1.54, 1.807) is 0 Å². The minimum absolute atomic E-state index is 0.553. The van der Waals surface area contributed by atoms with Crippen LogP contribution >= 0.6 is 0 Å². The second-order valence-electron chi connectivity index (χ2n) is 5.15. The van der Waals surface area contributed by atoms with Gasteiger partial charge in [-0.25, -0.2) is 0 Å². The highest BCUT2D eigenvalue weighted by Crippen LogP contribution is 2.21. The molecule has 1 aliphatic rings. The fourth-order valence-corrected chi connectivity index (χ4v) is 2.34. The largest absolute Gasteiger partial charge is 0.388 e. The maximum Gasteiger partial charge on any atom is 0.0843 e. The number of nitrogens with one attached hydrogen (secondary N) is 2. The zero-order chi connectivity index (χ0) is 12.3. The normalized spacial score (nSPS) is 19.0. The molecule has 0 aliphatic carbocycles. The molecular weight excluding hydrogens is 212 g/mol. The van der Waals surface area contributed by atoms with Crippen molar-refractivity contribution in [2.45, 2.75) is 32.3 Å². The Morgan fingerprint density at radius 3 is 2.65 bits per heavy atom. The Kier molecular flexibility index (Phi) is 3.69. The Balaban J connectivity index is 1.97. The molecule has 3 heteroatoms. The summed E-state index contributed by atoms with van der Waals surface area (Å²) in [7, 11) is 0. The van der Waals surface area contributed by atoms with E-state index < -0.39 is 5.60 Å². The van der Waals surface area contributed by atoms with Gasteiger partial charge in [-0.3, -0.25) is 0 Å². The second kappa shape index (κ2) is 5.07. The average molecular weight is 234 g/mol. The van der Waals surface area contributed by atoms with Crippen molar-refractivity contribution in [3.8, 4) is 0 Å². The van der Waals surface area contributed by atoms with Crippen LogP contribution in [0, 0.1) is 13.8 Å². The predicted octanol–water partition coefficient (Wildman–Crippen LogP) is 1.83. The molecule has 17 heavy (non-hydrogen) atoms. The summed E-state index contributed by atoms with van der Waals surface area (Å²) in [4.78, 5) is 0. The predicted molar refractivity (Wildman–Crippen MR) is 71.5 cm³/mol. The number of benzene rings is 1. The van der Waals surface area contributed by atoms with Crippen LogP contribution < -0.4 is 10.6 Å². The standard InChI is InChI=1S/C14H22N2O/c1-11-3-4-13(12(2)9-11)16-10-14(17)5-7-15-8-6-14/h3-4,9,15-17H,5-8,10H2,1-2H3. The van der Waals surface area contributed by atoms with E-state index in [1.807, 2.05) is 0 Å². The summed E-state index contributed by atoms with van der Waals surface area (Å²) in [6, 6.07) is 6.35. The molecule has 0 saturated carbocycles. The lowest BCUT2D eigenvalue weighted by molar-refractivity contribution is 0.0232. The monoisotopic (exact) mass is 234 g/mol. The van der Waals surface area contributed by atoms with Crippen molar-refractivity contribution in [1.82, 2.24) is 5.32 Å². The third kappa shape index (κ3) is 3.20. The molecule has 1 heterocycles. The minimum Gasteiger partial charge on any atom is -0.388 e. The SMILES string of the molecule is Cc1ccc(NCC2(O)CCNCC2)c(C)c1. The van der Waals surface area contributed by atoms with Crippen molar-refractivity contribution in [2.24, 2.45) is 0 Å². The van der Waals surface area contributed by atoms with E-state index in [0.717, 1.165) is 31.6 Å². The molecule has 0 amide bonds. The van der Waals surface area contributed by atoms with E-state index >= 15 is 0 Å². The van der Waals surface area contributed by atoms with Gasteiger partial charge in [0.15, 0.2) is 0 Å². The van der Waals surface area contributed by atoms with Crippen molar-refractivity contribution >= 4 is 5.69 Å². The highest BCUT2D eigenvalue weighted by atomic mass is 16.3. The van der Waals surface area contributed by atoms with Gasteiger partial charge in [-0.2, -0.15) is 0 Å². The lowest BCUT2D eigenvalue weighted by atomic mass is 9.92. The van der Waals surface area contributed by atoms with Crippen LogP contribution in [0.1, 0.15) is 24.0 Å². The summed E-state index contributed by atoms with van der Waals surface area (Å²) < 4.78 is 0. The lowest BCUT2D eigenvalue weighted by Gasteiger charge is -2.33. The highest BCUT2D eigenvalue weighted by Gasteiger charge is 2.28. The number of rotatable bonds is 3. The molecule has 0 radical (unpaired) electrons. The van der Waals surface area contributed by atoms with Crippen molar-refractivity contribution < 1.29 is 5.11 Å². The van der Waals surface area contributed by atoms with Gasteiger partial charge in [-0.15, -0.1) is 0 Å². The zero-order valence-electron chi connectivity index (χ0n) is 10.7. The fraction of sp³-hybridized carbons (Fsp3) is 0.571. The molecule has 3 N–H and O–H groups in total. The first-order valence-corrected chi connectivity index (χ1v) is 6.33. The highest BCUT2D eigenvalue weighted by molar-refractivity contribution is 5.52. The number of hydrogen-bond donors (Lipinski definition) is 3. The second-order valence-corrected chi connectivity index (χ2v) is 5.15. The molecule has 1 aromatic carbocycles. The van der Waals surface area contributed by atoms with E-state index in [2.05, 4.69) is 42.7 Å². The molecule has 94 valence electrons. The third-order valence-corrected chi connectivity index (χ3v) is 3.52. The van der Waals surface area contributed by atoms with Crippen molar-refractivity contribution in [1.29, 1.82) is 0 Å². The van der Waals surface area contributed by atoms with E-state index in [1.165, 1.54) is 11.1 Å². The number of aliphatic hydroxyl groups is 1. The van der Waals surface area contributed by atoms with E-state index in [4.69, 9.17) is 0 Å². The molecule has 0 atom stereocenters. The van der Waals surface area contributed by atoms with Gasteiger partial charge >= 0.3 is 0 Å². The molecular formula is C14H22N2O. The molecule has 0 aromatic heterocycles. The third-order valence-electron chi connectivity index (χ3n) is 3.52. The van der Waals surface area contributed by atoms with Gasteiger partial charge in [0.05, 0.1) is 5.60 Å². The first kappa shape index (κ1) is 12.4. The van der Waals surface area contributed by atoms with Crippen LogP contribution in [0.4, 0.5) is 5.69 Å². The maximum atomic E-state index is 10.4. The number of hydrogen-bond acceptors (Lipinski definition) is 3. The van der Waals surface area contributed by atoms with Gasteiger partial charge in [-0.1, -0.05) is 17.7 Å². The van der Waals surface area contributed by atoms with Crippen LogP contribution in [0.25, 0.3) is 0 Å². The first-order valence-electron chi connectivity index (χ1n) is 6.33. The van der Waals surface area contributed by atoms with E-state index in [0.29, 0.717) is 6.54 Å². The topological polar surface area (TPSA) is 44.3 Å². The maximum absolute atomic E-state index is 10.4. The molecule has 0 unspecified atom stereocenters. The molecule has 0 spiro atoms. The van der Waals surface area contributed by atoms with E-state index in [-0.39, 0.29) is 0 Å². The average Bonchev–Trinajstić information content (AvgIpc) is 2.29. The Hall–Kier alpha value is -1.06. The van der Waals surface area contributed by atoms with Crippen LogP contribution in [0.5, 0.6) is 0 Å². The Bertz CT molecular complexity index is 384. The van der Waals surface area contributed by atoms with Gasteiger partial charge in [-0.05, 0) is 51.4 Å². The number of aryl methyl sites for hydroxylation is 2. The zero-order valence-corrected chi connectivity index (χ0v) is 10.7. The molecule has 1 saturated heterocycles. The van der Waals surface area contributed by atoms with Gasteiger partial charge in [0.25, 0.3) is 0 Å². The van der Waals surface area contributed by atoms with Crippen LogP contribution in [-0.4, -0.2) is 30.3 Å². The summed E-state index contributed by atoms with van der Waals surface area (Å²) in [6.07, 6.45) is 1.65. The number of piperidine rings is 1. The summed E-state index contributed by atoms with van der Waals surface area (Å²) in [6.45, 7) is 6.65. The Morgan fingerprint density at radius 2 is 2.00 bits per heavy atom. The number of anilines is 1. The molecule has 0 bridgehead atoms. The quantitative estimate of drug-likeness (QED) is 0.747. The van der Waals surface area contributed by atoms with Crippen molar-refractivity contribution in [3.63, 3.8) is 0 Å². The van der Waals surface area contributed by atoms with Gasteiger partial charge in [0.1, 0.15) is 0 Å². The fourth-order valence-electron chi connectivity index (χ4n) is 2.34. The van der Waals surface area contributed by atoms with Crippen molar-refractivity contribution in [2.75, 3.05) is 25.0 Å². The lowest BCUT2D eigenvalue weighted by Crippen LogP contribution is -2.46. The molecule has 1 aromatic rings. The van der Waals surface area contributed by atoms with Gasteiger partial charge in [0.2, 0.25) is 0 Å². The van der Waals surface area contributed by atoms with Crippen LogP contribution in [0.2, 0.25) is 0 Å². The molecule has 1 fully saturated rings. The van der Waals surface area contributed by atoms with E-state index in [9.17, 15) is 5.11 Å². The molecule has 1 aliphatic heterocycles.